The number of carbonyl (C=O) groups is 1. The highest BCUT2D eigenvalue weighted by atomic mass is 16.1. The molecule has 6 aromatic rings. The summed E-state index contributed by atoms with van der Waals surface area (Å²) in [5.41, 5.74) is 4.65. The zero-order valence-corrected chi connectivity index (χ0v) is 17.6. The number of nitrogens with one attached hydrogen (secondary N) is 2. The molecule has 3 aromatic heterocycles. The van der Waals surface area contributed by atoms with Crippen LogP contribution in [-0.4, -0.2) is 31.8 Å². The topological polar surface area (TPSA) is 92.2 Å². The number of aromatic amines is 1. The Hall–Kier alpha value is -4.52. The van der Waals surface area contributed by atoms with Gasteiger partial charge < -0.3 is 10.3 Å². The normalized spacial score (nSPS) is 11.5. The van der Waals surface area contributed by atoms with Crippen molar-refractivity contribution in [1.82, 2.24) is 24.7 Å². The first kappa shape index (κ1) is 19.2. The summed E-state index contributed by atoms with van der Waals surface area (Å²) in [6, 6.07) is 24.8. The molecule has 0 aliphatic carbocycles. The molecule has 7 heteroatoms. The molecular formula is C26H19N5O2. The molecule has 0 saturated heterocycles. The van der Waals surface area contributed by atoms with Gasteiger partial charge in [-0.05, 0) is 36.2 Å². The summed E-state index contributed by atoms with van der Waals surface area (Å²) in [4.78, 5) is 38.7. The van der Waals surface area contributed by atoms with E-state index >= 15 is 0 Å². The van der Waals surface area contributed by atoms with E-state index in [-0.39, 0.29) is 11.5 Å². The van der Waals surface area contributed by atoms with E-state index < -0.39 is 0 Å². The molecule has 3 aromatic carbocycles. The lowest BCUT2D eigenvalue weighted by Crippen LogP contribution is -2.26. The fourth-order valence-corrected chi connectivity index (χ4v) is 4.30. The number of carbonyl (C=O) groups excluding carboxylic acids is 1. The van der Waals surface area contributed by atoms with E-state index in [0.717, 1.165) is 11.1 Å². The first-order chi connectivity index (χ1) is 16.2. The van der Waals surface area contributed by atoms with Crippen LogP contribution in [0.5, 0.6) is 0 Å². The maximum absolute atomic E-state index is 13.4. The van der Waals surface area contributed by atoms with Crippen molar-refractivity contribution in [2.24, 2.45) is 0 Å². The van der Waals surface area contributed by atoms with Gasteiger partial charge in [0.1, 0.15) is 16.7 Å². The highest BCUT2D eigenvalue weighted by molar-refractivity contribution is 6.13. The van der Waals surface area contributed by atoms with Crippen molar-refractivity contribution in [3.8, 4) is 0 Å². The van der Waals surface area contributed by atoms with Gasteiger partial charge in [-0.15, -0.1) is 0 Å². The Bertz CT molecular complexity index is 1730. The summed E-state index contributed by atoms with van der Waals surface area (Å²) in [7, 11) is 0. The zero-order valence-electron chi connectivity index (χ0n) is 17.6. The lowest BCUT2D eigenvalue weighted by Gasteiger charge is -2.06. The van der Waals surface area contributed by atoms with Crippen LogP contribution in [0.4, 0.5) is 0 Å². The molecule has 33 heavy (non-hydrogen) atoms. The van der Waals surface area contributed by atoms with Gasteiger partial charge in [-0.1, -0.05) is 54.6 Å². The van der Waals surface area contributed by atoms with Gasteiger partial charge in [0.25, 0.3) is 11.5 Å². The largest absolute Gasteiger partial charge is 0.352 e. The molecule has 2 N–H and O–H groups in total. The van der Waals surface area contributed by atoms with Gasteiger partial charge in [-0.2, -0.15) is 0 Å². The molecule has 6 rings (SSSR count). The molecule has 0 atom stereocenters. The fraction of sp³-hybridized carbons (Fsp3) is 0.0769. The SMILES string of the molecule is O=C(NCCc1ccccc1)c1c2nc3ccccc3nc2n2c1[nH]c(=O)c1ccccc12. The molecule has 0 aliphatic rings. The number of benzene rings is 3. The van der Waals surface area contributed by atoms with Gasteiger partial charge >= 0.3 is 0 Å². The third-order valence-electron chi connectivity index (χ3n) is 5.85. The van der Waals surface area contributed by atoms with Crippen LogP contribution in [0.25, 0.3) is 38.7 Å². The molecule has 0 bridgehead atoms. The third-order valence-corrected chi connectivity index (χ3v) is 5.85. The fourth-order valence-electron chi connectivity index (χ4n) is 4.30. The van der Waals surface area contributed by atoms with E-state index in [9.17, 15) is 9.59 Å². The summed E-state index contributed by atoms with van der Waals surface area (Å²) in [5.74, 6) is -0.297. The molecule has 0 fully saturated rings. The minimum atomic E-state index is -0.297. The summed E-state index contributed by atoms with van der Waals surface area (Å²) in [6.45, 7) is 0.459. The molecule has 7 nitrogen and oxygen atoms in total. The second-order valence-electron chi connectivity index (χ2n) is 7.91. The monoisotopic (exact) mass is 433 g/mol. The van der Waals surface area contributed by atoms with Crippen molar-refractivity contribution in [2.75, 3.05) is 6.54 Å². The maximum Gasteiger partial charge on any atom is 0.258 e. The Morgan fingerprint density at radius 2 is 1.58 bits per heavy atom. The first-order valence-electron chi connectivity index (χ1n) is 10.7. The standard InChI is InChI=1S/C26H19N5O2/c32-25-17-10-4-7-13-20(17)31-23(30-25)21(26(33)27-15-14-16-8-2-1-3-9-16)22-24(31)29-19-12-6-5-11-18(19)28-22/h1-13H,14-15H2,(H,27,33)(H,30,32). The van der Waals surface area contributed by atoms with Crippen molar-refractivity contribution in [2.45, 2.75) is 6.42 Å². The second-order valence-corrected chi connectivity index (χ2v) is 7.91. The number of amides is 1. The summed E-state index contributed by atoms with van der Waals surface area (Å²) in [5, 5.41) is 3.51. The van der Waals surface area contributed by atoms with Gasteiger partial charge in [0.05, 0.1) is 21.9 Å². The lowest BCUT2D eigenvalue weighted by atomic mass is 10.1. The van der Waals surface area contributed by atoms with Gasteiger partial charge in [0.15, 0.2) is 5.65 Å². The quantitative estimate of drug-likeness (QED) is 0.442. The molecule has 1 amide bonds. The highest BCUT2D eigenvalue weighted by Crippen LogP contribution is 2.27. The van der Waals surface area contributed by atoms with Crippen molar-refractivity contribution in [1.29, 1.82) is 0 Å². The Labute approximate surface area is 187 Å². The van der Waals surface area contributed by atoms with E-state index in [0.29, 0.717) is 51.8 Å². The average molecular weight is 433 g/mol. The van der Waals surface area contributed by atoms with Crippen molar-refractivity contribution >= 4 is 44.7 Å². The molecule has 0 unspecified atom stereocenters. The van der Waals surface area contributed by atoms with Crippen LogP contribution in [0.15, 0.2) is 83.7 Å². The Balaban J connectivity index is 1.57. The van der Waals surface area contributed by atoms with E-state index in [2.05, 4.69) is 10.3 Å². The Morgan fingerprint density at radius 1 is 0.879 bits per heavy atom. The van der Waals surface area contributed by atoms with Gasteiger partial charge in [0.2, 0.25) is 0 Å². The average Bonchev–Trinajstić information content (AvgIpc) is 3.16. The summed E-state index contributed by atoms with van der Waals surface area (Å²) < 4.78 is 1.82. The zero-order chi connectivity index (χ0) is 22.4. The number of hydrogen-bond donors (Lipinski definition) is 2. The highest BCUT2D eigenvalue weighted by Gasteiger charge is 2.23. The number of aromatic nitrogens is 4. The lowest BCUT2D eigenvalue weighted by molar-refractivity contribution is 0.0957. The predicted octanol–water partition coefficient (Wildman–Crippen LogP) is 3.85. The van der Waals surface area contributed by atoms with Crippen molar-refractivity contribution < 1.29 is 4.79 Å². The Kier molecular flexibility index (Phi) is 4.40. The molecule has 0 spiro atoms. The van der Waals surface area contributed by atoms with Crippen LogP contribution < -0.4 is 10.9 Å². The van der Waals surface area contributed by atoms with E-state index in [1.807, 2.05) is 77.2 Å². The van der Waals surface area contributed by atoms with Crippen molar-refractivity contribution in [3.05, 3.63) is 100 Å². The maximum atomic E-state index is 13.4. The molecule has 0 saturated carbocycles. The minimum Gasteiger partial charge on any atom is -0.352 e. The molecular weight excluding hydrogens is 414 g/mol. The molecule has 3 heterocycles. The molecule has 0 radical (unpaired) electrons. The minimum absolute atomic E-state index is 0.260. The van der Waals surface area contributed by atoms with Crippen LogP contribution in [0.3, 0.4) is 0 Å². The van der Waals surface area contributed by atoms with E-state index in [4.69, 9.17) is 9.97 Å². The van der Waals surface area contributed by atoms with E-state index in [1.54, 1.807) is 6.07 Å². The number of fused-ring (bicyclic) bond motifs is 6. The van der Waals surface area contributed by atoms with Crippen LogP contribution in [0.2, 0.25) is 0 Å². The first-order valence-corrected chi connectivity index (χ1v) is 10.7. The Morgan fingerprint density at radius 3 is 2.39 bits per heavy atom. The van der Waals surface area contributed by atoms with Crippen LogP contribution in [0, 0.1) is 0 Å². The predicted molar refractivity (Wildman–Crippen MR) is 129 cm³/mol. The van der Waals surface area contributed by atoms with Gasteiger partial charge in [-0.3, -0.25) is 14.0 Å². The summed E-state index contributed by atoms with van der Waals surface area (Å²) in [6.07, 6.45) is 0.699. The molecule has 0 aliphatic heterocycles. The second kappa shape index (κ2) is 7.56. The number of rotatable bonds is 4. The smallest absolute Gasteiger partial charge is 0.258 e. The third kappa shape index (κ3) is 3.13. The van der Waals surface area contributed by atoms with Crippen LogP contribution in [0.1, 0.15) is 15.9 Å². The summed E-state index contributed by atoms with van der Waals surface area (Å²) >= 11 is 0. The number of H-pyrrole nitrogens is 1. The van der Waals surface area contributed by atoms with Crippen LogP contribution >= 0.6 is 0 Å². The van der Waals surface area contributed by atoms with Crippen LogP contribution in [-0.2, 0) is 6.42 Å². The number of hydrogen-bond acceptors (Lipinski definition) is 4. The van der Waals surface area contributed by atoms with Crippen molar-refractivity contribution in [3.63, 3.8) is 0 Å². The van der Waals surface area contributed by atoms with Gasteiger partial charge in [-0.25, -0.2) is 9.97 Å². The van der Waals surface area contributed by atoms with Gasteiger partial charge in [0, 0.05) is 6.54 Å². The number of para-hydroxylation sites is 3. The number of nitrogens with zero attached hydrogens (tertiary/aromatic N) is 3. The molecule has 160 valence electrons. The van der Waals surface area contributed by atoms with E-state index in [1.165, 1.54) is 0 Å².